The molecule has 1 aliphatic rings. The molecule has 0 bridgehead atoms. The first-order valence-electron chi connectivity index (χ1n) is 9.66. The first-order valence-corrected chi connectivity index (χ1v) is 9.66. The maximum Gasteiger partial charge on any atom is 0.402 e. The van der Waals surface area contributed by atoms with Crippen molar-refractivity contribution in [3.05, 3.63) is 30.3 Å². The van der Waals surface area contributed by atoms with Crippen molar-refractivity contribution in [2.45, 2.75) is 30.7 Å². The molecule has 4 rings (SSSR count). The lowest BCUT2D eigenvalue weighted by molar-refractivity contribution is -0.277. The quantitative estimate of drug-likeness (QED) is 0.185. The second-order valence-corrected chi connectivity index (χ2v) is 7.46. The van der Waals surface area contributed by atoms with E-state index in [9.17, 15) is 46.0 Å². The zero-order valence-electron chi connectivity index (χ0n) is 16.7. The summed E-state index contributed by atoms with van der Waals surface area (Å²) in [4.78, 5) is 0. The van der Waals surface area contributed by atoms with Crippen molar-refractivity contribution in [3.63, 3.8) is 0 Å². The zero-order valence-corrected chi connectivity index (χ0v) is 16.7. The molecule has 0 radical (unpaired) electrons. The van der Waals surface area contributed by atoms with Crippen molar-refractivity contribution in [3.8, 4) is 45.8 Å². The lowest BCUT2D eigenvalue weighted by Gasteiger charge is -2.39. The summed E-state index contributed by atoms with van der Waals surface area (Å²) in [5.41, 5.74) is 0.0466. The van der Waals surface area contributed by atoms with Gasteiger partial charge in [0.2, 0.25) is 17.8 Å². The summed E-state index contributed by atoms with van der Waals surface area (Å²) >= 11 is 0. The summed E-state index contributed by atoms with van der Waals surface area (Å²) in [6.07, 6.45) is -7.99. The van der Waals surface area contributed by atoms with Gasteiger partial charge in [-0.3, -0.25) is 0 Å². The monoisotopic (exact) mass is 465 g/mol. The molecule has 1 aromatic heterocycles. The number of aromatic hydroxyl groups is 5. The Morgan fingerprint density at radius 3 is 2.21 bits per heavy atom. The number of aliphatic hydroxyl groups excluding tert-OH is 4. The summed E-state index contributed by atoms with van der Waals surface area (Å²) < 4.78 is 16.7. The fourth-order valence-corrected chi connectivity index (χ4v) is 3.46. The number of benzene rings is 2. The molecule has 1 saturated heterocycles. The second-order valence-electron chi connectivity index (χ2n) is 7.46. The molecule has 3 aromatic rings. The van der Waals surface area contributed by atoms with Crippen LogP contribution in [0.1, 0.15) is 0 Å². The molecule has 0 amide bonds. The number of ether oxygens (including phenoxy) is 2. The maximum absolute atomic E-state index is 10.3. The highest BCUT2D eigenvalue weighted by Gasteiger charge is 2.45. The maximum atomic E-state index is 10.3. The molecule has 2 aromatic carbocycles. The molecular weight excluding hydrogens is 444 g/mol. The minimum Gasteiger partial charge on any atom is -0.504 e. The van der Waals surface area contributed by atoms with Gasteiger partial charge in [0.15, 0.2) is 23.0 Å². The molecule has 5 unspecified atom stereocenters. The minimum atomic E-state index is -1.76. The Bertz CT molecular complexity index is 1190. The van der Waals surface area contributed by atoms with Crippen LogP contribution in [0.5, 0.6) is 34.5 Å². The Kier molecular flexibility index (Phi) is 5.78. The number of phenolic OH excluding ortho intramolecular Hbond substituents is 5. The Morgan fingerprint density at radius 1 is 0.818 bits per heavy atom. The number of aliphatic hydroxyl groups is 4. The van der Waals surface area contributed by atoms with Crippen molar-refractivity contribution in [1.29, 1.82) is 0 Å². The van der Waals surface area contributed by atoms with Crippen molar-refractivity contribution < 1.29 is 59.8 Å². The van der Waals surface area contributed by atoms with E-state index in [-0.39, 0.29) is 28.0 Å². The number of hydrogen-bond donors (Lipinski definition) is 9. The van der Waals surface area contributed by atoms with Gasteiger partial charge in [0.25, 0.3) is 0 Å². The van der Waals surface area contributed by atoms with E-state index < -0.39 is 66.1 Å². The molecule has 0 spiro atoms. The van der Waals surface area contributed by atoms with E-state index in [4.69, 9.17) is 13.9 Å². The van der Waals surface area contributed by atoms with Crippen LogP contribution < -0.4 is 4.74 Å². The Balaban J connectivity index is 1.87. The Hall–Kier alpha value is -3.55. The molecule has 5 atom stereocenters. The SMILES string of the molecule is OCC1OC(Oc2cc3c(O)c(O)c(O)cc3[o+]c2-c2ccc(O)c(O)c2)C(O)C(O)C1O. The van der Waals surface area contributed by atoms with Gasteiger partial charge in [-0.05, 0) is 12.1 Å². The van der Waals surface area contributed by atoms with Crippen LogP contribution in [0.4, 0.5) is 0 Å². The fourth-order valence-electron chi connectivity index (χ4n) is 3.46. The number of hydrogen-bond acceptors (Lipinski definition) is 11. The highest BCUT2D eigenvalue weighted by Crippen LogP contribution is 2.46. The molecule has 176 valence electrons. The molecule has 0 saturated carbocycles. The van der Waals surface area contributed by atoms with Crippen LogP contribution in [-0.2, 0) is 4.74 Å². The van der Waals surface area contributed by atoms with Crippen LogP contribution in [-0.4, -0.2) is 83.3 Å². The van der Waals surface area contributed by atoms with Gasteiger partial charge in [0, 0.05) is 12.1 Å². The first-order chi connectivity index (χ1) is 15.6. The lowest BCUT2D eigenvalue weighted by atomic mass is 9.99. The molecule has 9 N–H and O–H groups in total. The van der Waals surface area contributed by atoms with E-state index in [0.29, 0.717) is 0 Å². The van der Waals surface area contributed by atoms with Crippen LogP contribution in [0.2, 0.25) is 0 Å². The smallest absolute Gasteiger partial charge is 0.402 e. The molecule has 12 nitrogen and oxygen atoms in total. The average molecular weight is 465 g/mol. The lowest BCUT2D eigenvalue weighted by Crippen LogP contribution is -2.60. The van der Waals surface area contributed by atoms with E-state index in [0.717, 1.165) is 18.2 Å². The van der Waals surface area contributed by atoms with Gasteiger partial charge in [-0.2, -0.15) is 0 Å². The molecule has 2 heterocycles. The van der Waals surface area contributed by atoms with Gasteiger partial charge in [-0.15, -0.1) is 0 Å². The van der Waals surface area contributed by atoms with E-state index in [1.165, 1.54) is 12.1 Å². The third-order valence-electron chi connectivity index (χ3n) is 5.30. The first kappa shape index (κ1) is 22.6. The van der Waals surface area contributed by atoms with Gasteiger partial charge < -0.3 is 55.4 Å². The minimum absolute atomic E-state index is 0.105. The summed E-state index contributed by atoms with van der Waals surface area (Å²) in [6, 6.07) is 5.83. The predicted molar refractivity (Wildman–Crippen MR) is 109 cm³/mol. The van der Waals surface area contributed by atoms with Crippen molar-refractivity contribution >= 4 is 11.0 Å². The van der Waals surface area contributed by atoms with E-state index in [1.807, 2.05) is 0 Å². The highest BCUT2D eigenvalue weighted by molar-refractivity contribution is 5.91. The third-order valence-corrected chi connectivity index (χ3v) is 5.30. The molecule has 0 aliphatic carbocycles. The number of phenols is 5. The van der Waals surface area contributed by atoms with Crippen LogP contribution in [0.3, 0.4) is 0 Å². The average Bonchev–Trinajstić information content (AvgIpc) is 2.79. The molecule has 33 heavy (non-hydrogen) atoms. The standard InChI is InChI=1S/C21H20O12/c22-6-14-17(28)18(29)19(30)21(33-14)32-13-4-8-12(5-11(25)16(27)15(8)26)31-20(13)7-1-2-9(23)10(24)3-7/h1-5,14,17-19,21-22,28-30H,6H2,(H4-,23,24,25,26,27)/p+1. The summed E-state index contributed by atoms with van der Waals surface area (Å²) in [6.45, 7) is -0.695. The van der Waals surface area contributed by atoms with Gasteiger partial charge >= 0.3 is 11.3 Å². The number of rotatable bonds is 4. The van der Waals surface area contributed by atoms with E-state index >= 15 is 0 Å². The summed E-state index contributed by atoms with van der Waals surface area (Å²) in [5, 5.41) is 88.9. The Morgan fingerprint density at radius 2 is 1.55 bits per heavy atom. The summed E-state index contributed by atoms with van der Waals surface area (Å²) in [5.74, 6) is -3.52. The normalized spacial score (nSPS) is 25.3. The highest BCUT2D eigenvalue weighted by atomic mass is 16.7. The van der Waals surface area contributed by atoms with Crippen LogP contribution >= 0.6 is 0 Å². The van der Waals surface area contributed by atoms with Gasteiger partial charge in [0.05, 0.1) is 18.2 Å². The third kappa shape index (κ3) is 3.90. The van der Waals surface area contributed by atoms with Crippen LogP contribution in [0.15, 0.2) is 34.7 Å². The zero-order chi connectivity index (χ0) is 24.0. The Labute approximate surface area is 185 Å². The fraction of sp³-hybridized carbons (Fsp3) is 0.286. The summed E-state index contributed by atoms with van der Waals surface area (Å²) in [7, 11) is 0. The number of fused-ring (bicyclic) bond motifs is 1. The topological polar surface area (TPSA) is 212 Å². The van der Waals surface area contributed by atoms with E-state index in [1.54, 1.807) is 0 Å². The largest absolute Gasteiger partial charge is 0.504 e. The van der Waals surface area contributed by atoms with Crippen molar-refractivity contribution in [1.82, 2.24) is 0 Å². The van der Waals surface area contributed by atoms with Gasteiger partial charge in [-0.25, -0.2) is 4.42 Å². The van der Waals surface area contributed by atoms with Crippen molar-refractivity contribution in [2.75, 3.05) is 6.61 Å². The second kappa shape index (κ2) is 8.42. The predicted octanol–water partition coefficient (Wildman–Crippen LogP) is 0.0876. The van der Waals surface area contributed by atoms with E-state index in [2.05, 4.69) is 0 Å². The molecule has 1 aliphatic heterocycles. The van der Waals surface area contributed by atoms with Gasteiger partial charge in [-0.1, -0.05) is 0 Å². The molecule has 12 heteroatoms. The van der Waals surface area contributed by atoms with Gasteiger partial charge in [0.1, 0.15) is 29.8 Å². The van der Waals surface area contributed by atoms with Crippen LogP contribution in [0, 0.1) is 0 Å². The molecular formula is C21H21O12+. The van der Waals surface area contributed by atoms with Crippen LogP contribution in [0.25, 0.3) is 22.3 Å². The van der Waals surface area contributed by atoms with Crippen molar-refractivity contribution in [2.24, 2.45) is 0 Å². The molecule has 1 fully saturated rings.